The maximum atomic E-state index is 12.2. The Bertz CT molecular complexity index is 519. The SMILES string of the molecule is CCNCCCNC(=O)N1CC(C(=O)O)c2ccccc21. The Morgan fingerprint density at radius 3 is 2.81 bits per heavy atom. The van der Waals surface area contributed by atoms with Crippen LogP contribution in [-0.4, -0.2) is 43.3 Å². The van der Waals surface area contributed by atoms with Crippen LogP contribution >= 0.6 is 0 Å². The number of fused-ring (bicyclic) bond motifs is 1. The predicted molar refractivity (Wildman–Crippen MR) is 80.7 cm³/mol. The Labute approximate surface area is 124 Å². The van der Waals surface area contributed by atoms with Crippen LogP contribution in [0.15, 0.2) is 24.3 Å². The van der Waals surface area contributed by atoms with E-state index in [0.717, 1.165) is 19.5 Å². The van der Waals surface area contributed by atoms with Crippen LogP contribution < -0.4 is 15.5 Å². The van der Waals surface area contributed by atoms with Gasteiger partial charge in [0.25, 0.3) is 0 Å². The van der Waals surface area contributed by atoms with Crippen LogP contribution in [0, 0.1) is 0 Å². The molecular weight excluding hydrogens is 270 g/mol. The smallest absolute Gasteiger partial charge is 0.321 e. The number of nitrogens with zero attached hydrogens (tertiary/aromatic N) is 1. The molecule has 114 valence electrons. The van der Waals surface area contributed by atoms with Crippen molar-refractivity contribution in [1.29, 1.82) is 0 Å². The van der Waals surface area contributed by atoms with Gasteiger partial charge in [0.2, 0.25) is 0 Å². The fraction of sp³-hybridized carbons (Fsp3) is 0.467. The summed E-state index contributed by atoms with van der Waals surface area (Å²) >= 11 is 0. The lowest BCUT2D eigenvalue weighted by molar-refractivity contribution is -0.138. The number of carboxylic acid groups (broad SMARTS) is 1. The number of rotatable bonds is 6. The molecule has 6 heteroatoms. The molecule has 0 bridgehead atoms. The average Bonchev–Trinajstić information content (AvgIpc) is 2.87. The quantitative estimate of drug-likeness (QED) is 0.692. The molecule has 1 aliphatic heterocycles. The highest BCUT2D eigenvalue weighted by Crippen LogP contribution is 2.36. The summed E-state index contributed by atoms with van der Waals surface area (Å²) in [5.41, 5.74) is 1.39. The van der Waals surface area contributed by atoms with Gasteiger partial charge in [-0.3, -0.25) is 9.69 Å². The van der Waals surface area contributed by atoms with Gasteiger partial charge in [-0.25, -0.2) is 4.79 Å². The molecule has 0 saturated heterocycles. The van der Waals surface area contributed by atoms with Gasteiger partial charge in [0.15, 0.2) is 0 Å². The van der Waals surface area contributed by atoms with Crippen molar-refractivity contribution in [3.8, 4) is 0 Å². The lowest BCUT2D eigenvalue weighted by Crippen LogP contribution is -2.40. The molecule has 0 fully saturated rings. The molecule has 0 radical (unpaired) electrons. The van der Waals surface area contributed by atoms with E-state index >= 15 is 0 Å². The number of nitrogens with one attached hydrogen (secondary N) is 2. The second kappa shape index (κ2) is 7.08. The van der Waals surface area contributed by atoms with Crippen molar-refractivity contribution in [1.82, 2.24) is 10.6 Å². The largest absolute Gasteiger partial charge is 0.481 e. The second-order valence-electron chi connectivity index (χ2n) is 5.00. The number of benzene rings is 1. The number of para-hydroxylation sites is 1. The number of carbonyl (C=O) groups is 2. The third kappa shape index (κ3) is 3.52. The highest BCUT2D eigenvalue weighted by atomic mass is 16.4. The Kier molecular flexibility index (Phi) is 5.16. The van der Waals surface area contributed by atoms with Gasteiger partial charge >= 0.3 is 12.0 Å². The summed E-state index contributed by atoms with van der Waals surface area (Å²) in [5, 5.41) is 15.3. The van der Waals surface area contributed by atoms with E-state index in [4.69, 9.17) is 0 Å². The first-order valence-corrected chi connectivity index (χ1v) is 7.23. The molecule has 1 aromatic carbocycles. The topological polar surface area (TPSA) is 81.7 Å². The van der Waals surface area contributed by atoms with Gasteiger partial charge in [-0.05, 0) is 31.1 Å². The van der Waals surface area contributed by atoms with Crippen molar-refractivity contribution in [2.75, 3.05) is 31.1 Å². The predicted octanol–water partition coefficient (Wildman–Crippen LogP) is 1.38. The summed E-state index contributed by atoms with van der Waals surface area (Å²) in [6, 6.07) is 6.94. The maximum Gasteiger partial charge on any atom is 0.321 e. The number of amides is 2. The zero-order valence-electron chi connectivity index (χ0n) is 12.1. The molecular formula is C15H21N3O3. The molecule has 2 rings (SSSR count). The average molecular weight is 291 g/mol. The van der Waals surface area contributed by atoms with Crippen molar-refractivity contribution < 1.29 is 14.7 Å². The first-order chi connectivity index (χ1) is 10.1. The molecule has 3 N–H and O–H groups in total. The number of urea groups is 1. The van der Waals surface area contributed by atoms with Crippen LogP contribution in [0.25, 0.3) is 0 Å². The van der Waals surface area contributed by atoms with E-state index in [0.29, 0.717) is 17.8 Å². The first kappa shape index (κ1) is 15.3. The van der Waals surface area contributed by atoms with E-state index in [1.54, 1.807) is 18.2 Å². The summed E-state index contributed by atoms with van der Waals surface area (Å²) in [5.74, 6) is -1.54. The number of hydrogen-bond donors (Lipinski definition) is 3. The van der Waals surface area contributed by atoms with Crippen LogP contribution in [0.3, 0.4) is 0 Å². The van der Waals surface area contributed by atoms with Gasteiger partial charge in [0, 0.05) is 18.8 Å². The standard InChI is InChI=1S/C15H21N3O3/c1-2-16-8-5-9-17-15(21)18-10-12(14(19)20)11-6-3-4-7-13(11)18/h3-4,6-7,12,16H,2,5,8-10H2,1H3,(H,17,21)(H,19,20). The molecule has 1 aromatic rings. The van der Waals surface area contributed by atoms with Crippen LogP contribution in [-0.2, 0) is 4.79 Å². The summed E-state index contributed by atoms with van der Waals surface area (Å²) in [6.45, 7) is 4.56. The molecule has 21 heavy (non-hydrogen) atoms. The zero-order chi connectivity index (χ0) is 15.2. The molecule has 1 atom stereocenters. The molecule has 1 unspecified atom stereocenters. The Hall–Kier alpha value is -2.08. The van der Waals surface area contributed by atoms with Crippen molar-refractivity contribution in [3.05, 3.63) is 29.8 Å². The fourth-order valence-corrected chi connectivity index (χ4v) is 2.49. The molecule has 1 aliphatic rings. The Balaban J connectivity index is 1.98. The van der Waals surface area contributed by atoms with Gasteiger partial charge in [-0.15, -0.1) is 0 Å². The zero-order valence-corrected chi connectivity index (χ0v) is 12.1. The van der Waals surface area contributed by atoms with Gasteiger partial charge in [0.1, 0.15) is 5.92 Å². The number of aliphatic carboxylic acids is 1. The highest BCUT2D eigenvalue weighted by molar-refractivity contribution is 5.97. The first-order valence-electron chi connectivity index (χ1n) is 7.23. The third-order valence-corrected chi connectivity index (χ3v) is 3.57. The molecule has 6 nitrogen and oxygen atoms in total. The van der Waals surface area contributed by atoms with Crippen molar-refractivity contribution >= 4 is 17.7 Å². The number of anilines is 1. The van der Waals surface area contributed by atoms with E-state index < -0.39 is 11.9 Å². The molecule has 2 amide bonds. The van der Waals surface area contributed by atoms with Crippen molar-refractivity contribution in [2.45, 2.75) is 19.3 Å². The van der Waals surface area contributed by atoms with E-state index in [9.17, 15) is 14.7 Å². The van der Waals surface area contributed by atoms with Crippen molar-refractivity contribution in [3.63, 3.8) is 0 Å². The van der Waals surface area contributed by atoms with Crippen LogP contribution in [0.5, 0.6) is 0 Å². The molecule has 0 aliphatic carbocycles. The van der Waals surface area contributed by atoms with E-state index in [1.165, 1.54) is 4.90 Å². The van der Waals surface area contributed by atoms with Crippen molar-refractivity contribution in [2.24, 2.45) is 0 Å². The van der Waals surface area contributed by atoms with Gasteiger partial charge < -0.3 is 15.7 Å². The number of carboxylic acids is 1. The summed E-state index contributed by atoms with van der Waals surface area (Å²) in [6.07, 6.45) is 0.845. The van der Waals surface area contributed by atoms with Gasteiger partial charge in [-0.2, -0.15) is 0 Å². The van der Waals surface area contributed by atoms with Gasteiger partial charge in [0.05, 0.1) is 0 Å². The highest BCUT2D eigenvalue weighted by Gasteiger charge is 2.36. The summed E-state index contributed by atoms with van der Waals surface area (Å²) < 4.78 is 0. The minimum Gasteiger partial charge on any atom is -0.481 e. The fourth-order valence-electron chi connectivity index (χ4n) is 2.49. The molecule has 0 spiro atoms. The van der Waals surface area contributed by atoms with E-state index in [2.05, 4.69) is 10.6 Å². The van der Waals surface area contributed by atoms with Gasteiger partial charge in [-0.1, -0.05) is 25.1 Å². The number of hydrogen-bond acceptors (Lipinski definition) is 3. The molecule has 0 saturated carbocycles. The van der Waals surface area contributed by atoms with E-state index in [-0.39, 0.29) is 12.6 Å². The van der Waals surface area contributed by atoms with Crippen LogP contribution in [0.2, 0.25) is 0 Å². The van der Waals surface area contributed by atoms with Crippen LogP contribution in [0.1, 0.15) is 24.8 Å². The minimum atomic E-state index is -0.898. The third-order valence-electron chi connectivity index (χ3n) is 3.57. The monoisotopic (exact) mass is 291 g/mol. The minimum absolute atomic E-state index is 0.188. The van der Waals surface area contributed by atoms with E-state index in [1.807, 2.05) is 13.0 Å². The molecule has 0 aromatic heterocycles. The lowest BCUT2D eigenvalue weighted by Gasteiger charge is -2.18. The normalized spacial score (nSPS) is 16.6. The second-order valence-corrected chi connectivity index (χ2v) is 5.00. The molecule has 1 heterocycles. The maximum absolute atomic E-state index is 12.2. The Morgan fingerprint density at radius 2 is 2.10 bits per heavy atom. The number of carbonyl (C=O) groups excluding carboxylic acids is 1. The van der Waals surface area contributed by atoms with Crippen LogP contribution in [0.4, 0.5) is 10.5 Å². The summed E-state index contributed by atoms with van der Waals surface area (Å²) in [4.78, 5) is 25.0. The lowest BCUT2D eigenvalue weighted by atomic mass is 10.0. The summed E-state index contributed by atoms with van der Waals surface area (Å²) in [7, 11) is 0. The Morgan fingerprint density at radius 1 is 1.33 bits per heavy atom.